The van der Waals surface area contributed by atoms with Gasteiger partial charge in [-0.25, -0.2) is 4.39 Å². The van der Waals surface area contributed by atoms with Crippen LogP contribution in [0.2, 0.25) is 0 Å². The van der Waals surface area contributed by atoms with Crippen LogP contribution in [0.3, 0.4) is 0 Å². The van der Waals surface area contributed by atoms with Crippen molar-refractivity contribution in [1.29, 1.82) is 0 Å². The molecule has 0 aliphatic heterocycles. The molecule has 0 atom stereocenters. The molecule has 0 bridgehead atoms. The molecular weight excluding hydrogens is 285 g/mol. The van der Waals surface area contributed by atoms with E-state index in [-0.39, 0.29) is 5.82 Å². The smallest absolute Gasteiger partial charge is 0.126 e. The van der Waals surface area contributed by atoms with Gasteiger partial charge in [-0.05, 0) is 48.8 Å². The number of terminal acetylenes is 1. The van der Waals surface area contributed by atoms with E-state index in [2.05, 4.69) is 24.4 Å². The van der Waals surface area contributed by atoms with E-state index in [1.807, 2.05) is 25.2 Å². The second-order valence-corrected chi connectivity index (χ2v) is 5.03. The first-order chi connectivity index (χ1) is 11.0. The molecule has 0 amide bonds. The van der Waals surface area contributed by atoms with Gasteiger partial charge < -0.3 is 5.32 Å². The standard InChI is InChI=1S/C21H22FN/c1-6-8-10-14-23-18(5)20(11-9-7-2)17(4)19-12-13-21(22)16(3)15-19/h1,7-13,15,23H,2,4,14H2,3,5H3/b10-8+,11-9-,20-18-. The Bertz CT molecular complexity index is 712. The lowest BCUT2D eigenvalue weighted by molar-refractivity contribution is 0.618. The fraction of sp³-hybridized carbons (Fsp3) is 0.143. The summed E-state index contributed by atoms with van der Waals surface area (Å²) in [5, 5.41) is 3.28. The third kappa shape index (κ3) is 5.48. The average molecular weight is 307 g/mol. The second-order valence-electron chi connectivity index (χ2n) is 5.03. The summed E-state index contributed by atoms with van der Waals surface area (Å²) in [4.78, 5) is 0. The summed E-state index contributed by atoms with van der Waals surface area (Å²) in [7, 11) is 0. The molecule has 0 saturated heterocycles. The van der Waals surface area contributed by atoms with Crippen LogP contribution >= 0.6 is 0 Å². The highest BCUT2D eigenvalue weighted by atomic mass is 19.1. The zero-order chi connectivity index (χ0) is 17.2. The number of nitrogens with one attached hydrogen (secondary N) is 1. The molecule has 1 nitrogen and oxygen atoms in total. The van der Waals surface area contributed by atoms with Crippen molar-refractivity contribution in [1.82, 2.24) is 5.32 Å². The molecule has 1 aromatic rings. The maximum Gasteiger partial charge on any atom is 0.126 e. The Labute approximate surface area is 138 Å². The van der Waals surface area contributed by atoms with Crippen molar-refractivity contribution in [3.63, 3.8) is 0 Å². The summed E-state index contributed by atoms with van der Waals surface area (Å²) in [6.07, 6.45) is 14.2. The van der Waals surface area contributed by atoms with E-state index in [1.165, 1.54) is 6.07 Å². The molecule has 118 valence electrons. The third-order valence-corrected chi connectivity index (χ3v) is 3.33. The summed E-state index contributed by atoms with van der Waals surface area (Å²) >= 11 is 0. The minimum Gasteiger partial charge on any atom is -0.385 e. The molecule has 0 spiro atoms. The van der Waals surface area contributed by atoms with Crippen LogP contribution in [-0.2, 0) is 0 Å². The Hall–Kier alpha value is -2.79. The minimum absolute atomic E-state index is 0.219. The maximum absolute atomic E-state index is 13.5. The van der Waals surface area contributed by atoms with Crippen LogP contribution in [0.15, 0.2) is 73.0 Å². The third-order valence-electron chi connectivity index (χ3n) is 3.33. The molecule has 0 heterocycles. The summed E-state index contributed by atoms with van der Waals surface area (Å²) < 4.78 is 13.5. The van der Waals surface area contributed by atoms with Gasteiger partial charge in [-0.15, -0.1) is 6.42 Å². The molecular formula is C21H22FN. The second kappa shape index (κ2) is 9.27. The van der Waals surface area contributed by atoms with Crippen LogP contribution in [0.4, 0.5) is 4.39 Å². The van der Waals surface area contributed by atoms with E-state index in [9.17, 15) is 4.39 Å². The monoisotopic (exact) mass is 307 g/mol. The average Bonchev–Trinajstić information content (AvgIpc) is 2.54. The molecule has 1 aromatic carbocycles. The van der Waals surface area contributed by atoms with Gasteiger partial charge in [0.2, 0.25) is 0 Å². The van der Waals surface area contributed by atoms with Gasteiger partial charge in [0.15, 0.2) is 0 Å². The first-order valence-electron chi connectivity index (χ1n) is 7.32. The quantitative estimate of drug-likeness (QED) is 0.555. The molecule has 0 unspecified atom stereocenters. The number of benzene rings is 1. The summed E-state index contributed by atoms with van der Waals surface area (Å²) in [5.41, 5.74) is 4.19. The van der Waals surface area contributed by atoms with Crippen LogP contribution in [-0.4, -0.2) is 6.54 Å². The molecule has 0 aliphatic rings. The zero-order valence-corrected chi connectivity index (χ0v) is 13.7. The van der Waals surface area contributed by atoms with E-state index >= 15 is 0 Å². The van der Waals surface area contributed by atoms with Gasteiger partial charge in [-0.2, -0.15) is 0 Å². The fourth-order valence-corrected chi connectivity index (χ4v) is 2.04. The molecule has 1 rings (SSSR count). The van der Waals surface area contributed by atoms with Gasteiger partial charge in [-0.1, -0.05) is 49.4 Å². The lowest BCUT2D eigenvalue weighted by Gasteiger charge is -2.14. The van der Waals surface area contributed by atoms with Crippen molar-refractivity contribution in [2.75, 3.05) is 6.54 Å². The van der Waals surface area contributed by atoms with Crippen molar-refractivity contribution >= 4 is 5.57 Å². The number of hydrogen-bond donors (Lipinski definition) is 1. The van der Waals surface area contributed by atoms with Crippen LogP contribution in [0.25, 0.3) is 5.57 Å². The number of allylic oxidation sites excluding steroid dienone is 7. The van der Waals surface area contributed by atoms with Gasteiger partial charge in [0.25, 0.3) is 0 Å². The van der Waals surface area contributed by atoms with Crippen molar-refractivity contribution < 1.29 is 4.39 Å². The fourth-order valence-electron chi connectivity index (χ4n) is 2.04. The molecule has 0 fully saturated rings. The minimum atomic E-state index is -0.219. The van der Waals surface area contributed by atoms with Gasteiger partial charge in [0.1, 0.15) is 5.82 Å². The Morgan fingerprint density at radius 2 is 2.17 bits per heavy atom. The maximum atomic E-state index is 13.5. The van der Waals surface area contributed by atoms with Gasteiger partial charge in [0.05, 0.1) is 0 Å². The van der Waals surface area contributed by atoms with E-state index in [4.69, 9.17) is 6.42 Å². The highest BCUT2D eigenvalue weighted by molar-refractivity contribution is 5.81. The largest absolute Gasteiger partial charge is 0.385 e. The zero-order valence-electron chi connectivity index (χ0n) is 13.7. The molecule has 0 aliphatic carbocycles. The van der Waals surface area contributed by atoms with E-state index in [1.54, 1.807) is 31.2 Å². The first kappa shape index (κ1) is 18.3. The van der Waals surface area contributed by atoms with E-state index in [0.717, 1.165) is 22.4 Å². The Balaban J connectivity index is 3.13. The van der Waals surface area contributed by atoms with Gasteiger partial charge >= 0.3 is 0 Å². The highest BCUT2D eigenvalue weighted by Crippen LogP contribution is 2.26. The number of hydrogen-bond acceptors (Lipinski definition) is 1. The lowest BCUT2D eigenvalue weighted by atomic mass is 9.96. The Morgan fingerprint density at radius 1 is 1.43 bits per heavy atom. The SMILES string of the molecule is C#C/C=C/CN/C(C)=C(/C=C\C=C)C(=C)c1ccc(F)c(C)c1. The van der Waals surface area contributed by atoms with Crippen LogP contribution in [0.1, 0.15) is 18.1 Å². The van der Waals surface area contributed by atoms with E-state index in [0.29, 0.717) is 12.1 Å². The van der Waals surface area contributed by atoms with Crippen LogP contribution in [0, 0.1) is 25.1 Å². The lowest BCUT2D eigenvalue weighted by Crippen LogP contribution is -2.13. The topological polar surface area (TPSA) is 12.0 Å². The highest BCUT2D eigenvalue weighted by Gasteiger charge is 2.08. The molecule has 1 N–H and O–H groups in total. The van der Waals surface area contributed by atoms with Crippen molar-refractivity contribution in [2.45, 2.75) is 13.8 Å². The van der Waals surface area contributed by atoms with Crippen molar-refractivity contribution in [3.05, 3.63) is 90.0 Å². The van der Waals surface area contributed by atoms with Gasteiger partial charge in [-0.3, -0.25) is 0 Å². The first-order valence-corrected chi connectivity index (χ1v) is 7.32. The summed E-state index contributed by atoms with van der Waals surface area (Å²) in [6, 6.07) is 4.99. The number of halogens is 1. The molecule has 0 aromatic heterocycles. The molecule has 0 saturated carbocycles. The Morgan fingerprint density at radius 3 is 2.78 bits per heavy atom. The predicted molar refractivity (Wildman–Crippen MR) is 98.2 cm³/mol. The molecule has 23 heavy (non-hydrogen) atoms. The molecule has 2 heteroatoms. The Kier molecular flexibility index (Phi) is 7.36. The molecule has 0 radical (unpaired) electrons. The number of rotatable bonds is 7. The van der Waals surface area contributed by atoms with Crippen molar-refractivity contribution in [3.8, 4) is 12.3 Å². The van der Waals surface area contributed by atoms with Crippen LogP contribution in [0.5, 0.6) is 0 Å². The normalized spacial score (nSPS) is 12.1. The van der Waals surface area contributed by atoms with Gasteiger partial charge in [0, 0.05) is 17.8 Å². The summed E-state index contributed by atoms with van der Waals surface area (Å²) in [6.45, 7) is 12.2. The predicted octanol–water partition coefficient (Wildman–Crippen LogP) is 4.94. The van der Waals surface area contributed by atoms with Crippen molar-refractivity contribution in [2.24, 2.45) is 0 Å². The number of aryl methyl sites for hydroxylation is 1. The van der Waals surface area contributed by atoms with E-state index < -0.39 is 0 Å². The van der Waals surface area contributed by atoms with Crippen LogP contribution < -0.4 is 5.32 Å². The summed E-state index contributed by atoms with van der Waals surface area (Å²) in [5.74, 6) is 2.23.